The second kappa shape index (κ2) is 6.29. The minimum absolute atomic E-state index is 0. The normalized spacial score (nSPS) is 8.29. The Morgan fingerprint density at radius 1 is 1.14 bits per heavy atom. The van der Waals surface area contributed by atoms with Gasteiger partial charge in [0.25, 0.3) is 0 Å². The van der Waals surface area contributed by atoms with Crippen LogP contribution in [0, 0.1) is 0 Å². The van der Waals surface area contributed by atoms with Crippen LogP contribution in [0.1, 0.15) is 0 Å². The maximum absolute atomic E-state index is 8.74. The zero-order chi connectivity index (χ0) is 4.50. The Kier molecular flexibility index (Phi) is 14.5. The Labute approximate surface area is 98.7 Å². The summed E-state index contributed by atoms with van der Waals surface area (Å²) in [5.41, 5.74) is 0. The molecule has 44 valence electrons. The van der Waals surface area contributed by atoms with E-state index in [1.165, 1.54) is 0 Å². The van der Waals surface area contributed by atoms with Gasteiger partial charge in [0.2, 0.25) is 0 Å². The Morgan fingerprint density at radius 3 is 1.14 bits per heavy atom. The summed E-state index contributed by atoms with van der Waals surface area (Å²) >= 11 is 0. The zero-order valence-corrected chi connectivity index (χ0v) is 5.67. The Bertz CT molecular complexity index is 94.9. The van der Waals surface area contributed by atoms with E-state index < -0.39 is 10.4 Å². The summed E-state index contributed by atoms with van der Waals surface area (Å²) in [4.78, 5) is 0. The molecule has 0 aromatic rings. The zero-order valence-electron chi connectivity index (χ0n) is 2.53. The van der Waals surface area contributed by atoms with Crippen LogP contribution in [-0.2, 0) is 10.4 Å². The van der Waals surface area contributed by atoms with Gasteiger partial charge in [-0.2, -0.15) is 8.42 Å². The summed E-state index contributed by atoms with van der Waals surface area (Å²) in [6, 6.07) is 0. The Balaban J connectivity index is -0.0000000800. The van der Waals surface area contributed by atoms with Crippen molar-refractivity contribution in [3.8, 4) is 0 Å². The van der Waals surface area contributed by atoms with Crippen LogP contribution in [0.2, 0.25) is 0 Å². The van der Waals surface area contributed by atoms with Gasteiger partial charge in [0, 0.05) is 0 Å². The molecule has 0 amide bonds. The molecule has 0 fully saturated rings. The first-order valence-corrected chi connectivity index (χ1v) is 2.10. The quantitative estimate of drug-likeness (QED) is 0.330. The van der Waals surface area contributed by atoms with Crippen LogP contribution in [-0.4, -0.2) is 66.4 Å². The van der Waals surface area contributed by atoms with E-state index in [4.69, 9.17) is 17.5 Å². The number of halogens is 1. The van der Waals surface area contributed by atoms with Crippen molar-refractivity contribution in [2.24, 2.45) is 0 Å². The minimum atomic E-state index is -4.67. The molecule has 0 saturated heterocycles. The third kappa shape index (κ3) is 66.0. The SMILES string of the molecule is I.O=S(=O)(O)O.[BaH2]. The molecular formula is H5BaIO4S. The van der Waals surface area contributed by atoms with Crippen LogP contribution in [0.25, 0.3) is 0 Å². The number of hydrogen-bond donors (Lipinski definition) is 2. The summed E-state index contributed by atoms with van der Waals surface area (Å²) < 4.78 is 31.6. The third-order valence-corrected chi connectivity index (χ3v) is 0. The number of hydrogen-bond acceptors (Lipinski definition) is 2. The Morgan fingerprint density at radius 2 is 1.14 bits per heavy atom. The average molecular weight is 365 g/mol. The van der Waals surface area contributed by atoms with E-state index in [0.29, 0.717) is 0 Å². The molecule has 4 nitrogen and oxygen atoms in total. The topological polar surface area (TPSA) is 74.6 Å². The van der Waals surface area contributed by atoms with Gasteiger partial charge in [0.1, 0.15) is 0 Å². The van der Waals surface area contributed by atoms with Crippen molar-refractivity contribution in [3.05, 3.63) is 0 Å². The van der Waals surface area contributed by atoms with Crippen molar-refractivity contribution in [2.45, 2.75) is 0 Å². The second-order valence-corrected chi connectivity index (χ2v) is 1.34. The van der Waals surface area contributed by atoms with Gasteiger partial charge in [-0.15, -0.1) is 24.0 Å². The predicted octanol–water partition coefficient (Wildman–Crippen LogP) is -0.951. The van der Waals surface area contributed by atoms with Gasteiger partial charge in [-0.05, 0) is 0 Å². The number of rotatable bonds is 0. The standard InChI is InChI=1S/Ba.HI.H2O4S.2H/c;;1-5(2,3)4;;/h;1H;(H2,1,2,3,4);;. The van der Waals surface area contributed by atoms with Gasteiger partial charge in [-0.25, -0.2) is 0 Å². The molecule has 0 saturated carbocycles. The molecule has 0 aromatic carbocycles. The predicted molar refractivity (Wildman–Crippen MR) is 38.1 cm³/mol. The van der Waals surface area contributed by atoms with Gasteiger partial charge >= 0.3 is 59.3 Å². The van der Waals surface area contributed by atoms with Crippen LogP contribution in [0.5, 0.6) is 0 Å². The third-order valence-electron chi connectivity index (χ3n) is 0. The second-order valence-electron chi connectivity index (χ2n) is 0.448. The van der Waals surface area contributed by atoms with Crippen molar-refractivity contribution >= 4 is 83.3 Å². The molecule has 2 N–H and O–H groups in total. The first-order valence-electron chi connectivity index (χ1n) is 0.698. The Hall–Kier alpha value is 2.17. The van der Waals surface area contributed by atoms with Gasteiger partial charge < -0.3 is 0 Å². The fourth-order valence-corrected chi connectivity index (χ4v) is 0. The van der Waals surface area contributed by atoms with E-state index in [1.54, 1.807) is 0 Å². The van der Waals surface area contributed by atoms with E-state index in [1.807, 2.05) is 0 Å². The van der Waals surface area contributed by atoms with Crippen molar-refractivity contribution < 1.29 is 17.5 Å². The van der Waals surface area contributed by atoms with Crippen LogP contribution in [0.15, 0.2) is 0 Å². The van der Waals surface area contributed by atoms with Crippen molar-refractivity contribution in [1.82, 2.24) is 0 Å². The molecule has 7 heteroatoms. The van der Waals surface area contributed by atoms with Crippen molar-refractivity contribution in [3.63, 3.8) is 0 Å². The molecule has 0 aromatic heterocycles. The summed E-state index contributed by atoms with van der Waals surface area (Å²) in [5, 5.41) is 0. The van der Waals surface area contributed by atoms with Crippen LogP contribution in [0.3, 0.4) is 0 Å². The van der Waals surface area contributed by atoms with E-state index in [9.17, 15) is 0 Å². The monoisotopic (exact) mass is 366 g/mol. The summed E-state index contributed by atoms with van der Waals surface area (Å²) in [7, 11) is -4.67. The molecule has 0 aliphatic carbocycles. The van der Waals surface area contributed by atoms with Gasteiger partial charge in [0.15, 0.2) is 0 Å². The molecule has 7 heavy (non-hydrogen) atoms. The molecule has 0 rings (SSSR count). The summed E-state index contributed by atoms with van der Waals surface area (Å²) in [6.45, 7) is 0. The first-order chi connectivity index (χ1) is 2.00. The fourth-order valence-electron chi connectivity index (χ4n) is 0. The van der Waals surface area contributed by atoms with Crippen LogP contribution in [0.4, 0.5) is 0 Å². The first kappa shape index (κ1) is 16.1. The van der Waals surface area contributed by atoms with E-state index in [0.717, 1.165) is 0 Å². The van der Waals surface area contributed by atoms with Gasteiger partial charge in [-0.1, -0.05) is 0 Å². The fraction of sp³-hybridized carbons (Fsp3) is 0. The molecule has 0 heterocycles. The molecule has 0 aliphatic rings. The molecule has 0 spiro atoms. The molecule has 0 radical (unpaired) electrons. The molecule has 0 unspecified atom stereocenters. The van der Waals surface area contributed by atoms with Gasteiger partial charge in [-0.3, -0.25) is 9.11 Å². The molecular weight excluding hydrogens is 360 g/mol. The van der Waals surface area contributed by atoms with Crippen LogP contribution < -0.4 is 0 Å². The van der Waals surface area contributed by atoms with Crippen molar-refractivity contribution in [2.75, 3.05) is 0 Å². The van der Waals surface area contributed by atoms with Crippen LogP contribution >= 0.6 is 24.0 Å². The molecule has 0 aliphatic heterocycles. The maximum atomic E-state index is 8.74. The van der Waals surface area contributed by atoms with E-state index in [-0.39, 0.29) is 72.9 Å². The molecule has 0 atom stereocenters. The van der Waals surface area contributed by atoms with E-state index >= 15 is 0 Å². The van der Waals surface area contributed by atoms with E-state index in [2.05, 4.69) is 0 Å². The summed E-state index contributed by atoms with van der Waals surface area (Å²) in [6.07, 6.45) is 0. The van der Waals surface area contributed by atoms with Gasteiger partial charge in [0.05, 0.1) is 0 Å². The molecule has 0 bridgehead atoms. The van der Waals surface area contributed by atoms with Crippen molar-refractivity contribution in [1.29, 1.82) is 0 Å². The summed E-state index contributed by atoms with van der Waals surface area (Å²) in [5.74, 6) is 0. The average Bonchev–Trinajstić information content (AvgIpc) is 0.722.